The Morgan fingerprint density at radius 3 is 2.11 bits per heavy atom. The highest BCUT2D eigenvalue weighted by atomic mass is 79.9. The molecule has 0 aliphatic carbocycles. The summed E-state index contributed by atoms with van der Waals surface area (Å²) in [4.78, 5) is 0.203. The maximum Gasteiger partial charge on any atom is 0.106 e. The Hall–Kier alpha value is -1.02. The fourth-order valence-corrected chi connectivity index (χ4v) is 3.22. The highest BCUT2D eigenvalue weighted by Gasteiger charge is 2.20. The van der Waals surface area contributed by atoms with Gasteiger partial charge in [0.1, 0.15) is 11.5 Å². The monoisotopic (exact) mass is 306 g/mol. The molecule has 1 heterocycles. The molecule has 0 bridgehead atoms. The minimum atomic E-state index is 0.203. The van der Waals surface area contributed by atoms with Crippen molar-refractivity contribution in [3.63, 3.8) is 0 Å². The van der Waals surface area contributed by atoms with Crippen molar-refractivity contribution in [2.24, 2.45) is 0 Å². The zero-order chi connectivity index (χ0) is 13.4. The predicted molar refractivity (Wildman–Crippen MR) is 79.6 cm³/mol. The van der Waals surface area contributed by atoms with Gasteiger partial charge in [-0.1, -0.05) is 34.1 Å². The average molecular weight is 307 g/mol. The van der Waals surface area contributed by atoms with Gasteiger partial charge in [-0.2, -0.15) is 0 Å². The summed E-state index contributed by atoms with van der Waals surface area (Å²) in [5, 5.41) is 0. The van der Waals surface area contributed by atoms with Crippen LogP contribution in [0.2, 0.25) is 0 Å². The Bertz CT molecular complexity index is 581. The number of benzene rings is 1. The van der Waals surface area contributed by atoms with Crippen molar-refractivity contribution in [1.82, 2.24) is 0 Å². The molecule has 1 unspecified atom stereocenters. The number of aryl methyl sites for hydroxylation is 4. The first kappa shape index (κ1) is 13.4. The van der Waals surface area contributed by atoms with Gasteiger partial charge in [-0.05, 0) is 56.9 Å². The topological polar surface area (TPSA) is 13.1 Å². The summed E-state index contributed by atoms with van der Waals surface area (Å²) in [5.74, 6) is 2.01. The first-order chi connectivity index (χ1) is 8.41. The van der Waals surface area contributed by atoms with E-state index in [-0.39, 0.29) is 4.83 Å². The molecule has 1 aromatic carbocycles. The lowest BCUT2D eigenvalue weighted by molar-refractivity contribution is 0.500. The molecule has 0 spiro atoms. The molecule has 0 amide bonds. The van der Waals surface area contributed by atoms with Crippen LogP contribution in [-0.2, 0) is 0 Å². The van der Waals surface area contributed by atoms with Crippen LogP contribution in [0, 0.1) is 34.6 Å². The Kier molecular flexibility index (Phi) is 3.67. The third-order valence-electron chi connectivity index (χ3n) is 3.69. The van der Waals surface area contributed by atoms with Crippen molar-refractivity contribution in [2.75, 3.05) is 0 Å². The van der Waals surface area contributed by atoms with E-state index < -0.39 is 0 Å². The molecule has 1 nitrogen and oxygen atoms in total. The SMILES string of the molecule is Cc1ccc(C(Br)c2c(C)oc(C)c2C)cc1C. The smallest absolute Gasteiger partial charge is 0.106 e. The third-order valence-corrected chi connectivity index (χ3v) is 4.68. The van der Waals surface area contributed by atoms with Crippen LogP contribution in [0.25, 0.3) is 0 Å². The zero-order valence-corrected chi connectivity index (χ0v) is 13.2. The molecule has 1 atom stereocenters. The quantitative estimate of drug-likeness (QED) is 0.686. The van der Waals surface area contributed by atoms with Gasteiger partial charge in [0.05, 0.1) is 4.83 Å². The number of hydrogen-bond acceptors (Lipinski definition) is 1. The van der Waals surface area contributed by atoms with Crippen LogP contribution in [-0.4, -0.2) is 0 Å². The number of halogens is 1. The molecule has 2 heteroatoms. The summed E-state index contributed by atoms with van der Waals surface area (Å²) in [6.07, 6.45) is 0. The van der Waals surface area contributed by atoms with Gasteiger partial charge < -0.3 is 4.42 Å². The third kappa shape index (κ3) is 2.26. The van der Waals surface area contributed by atoms with Crippen molar-refractivity contribution < 1.29 is 4.42 Å². The molecule has 96 valence electrons. The predicted octanol–water partition coefficient (Wildman–Crippen LogP) is 5.31. The molecule has 0 saturated carbocycles. The molecule has 0 aliphatic rings. The first-order valence-corrected chi connectivity index (χ1v) is 7.11. The van der Waals surface area contributed by atoms with Gasteiger partial charge in [-0.15, -0.1) is 0 Å². The number of hydrogen-bond donors (Lipinski definition) is 0. The van der Waals surface area contributed by atoms with Crippen LogP contribution in [0.1, 0.15) is 44.2 Å². The lowest BCUT2D eigenvalue weighted by Gasteiger charge is -2.13. The van der Waals surface area contributed by atoms with E-state index in [1.165, 1.54) is 27.8 Å². The Labute approximate surface area is 117 Å². The van der Waals surface area contributed by atoms with Crippen LogP contribution in [0.4, 0.5) is 0 Å². The van der Waals surface area contributed by atoms with Gasteiger partial charge >= 0.3 is 0 Å². The number of rotatable bonds is 2. The highest BCUT2D eigenvalue weighted by Crippen LogP contribution is 2.37. The van der Waals surface area contributed by atoms with Gasteiger partial charge in [0, 0.05) is 5.56 Å². The zero-order valence-electron chi connectivity index (χ0n) is 11.6. The van der Waals surface area contributed by atoms with Crippen LogP contribution in [0.15, 0.2) is 22.6 Å². The highest BCUT2D eigenvalue weighted by molar-refractivity contribution is 9.09. The van der Waals surface area contributed by atoms with Crippen molar-refractivity contribution in [2.45, 2.75) is 39.4 Å². The van der Waals surface area contributed by atoms with Crippen LogP contribution in [0.3, 0.4) is 0 Å². The number of furan rings is 1. The van der Waals surface area contributed by atoms with Crippen LogP contribution >= 0.6 is 15.9 Å². The average Bonchev–Trinajstić information content (AvgIpc) is 2.56. The summed E-state index contributed by atoms with van der Waals surface area (Å²) >= 11 is 3.81. The fourth-order valence-electron chi connectivity index (χ4n) is 2.27. The first-order valence-electron chi connectivity index (χ1n) is 6.19. The van der Waals surface area contributed by atoms with Crippen molar-refractivity contribution in [3.05, 3.63) is 57.5 Å². The molecule has 0 fully saturated rings. The molecule has 0 aliphatic heterocycles. The van der Waals surface area contributed by atoms with E-state index in [1.807, 2.05) is 13.8 Å². The van der Waals surface area contributed by atoms with Gasteiger partial charge in [0.25, 0.3) is 0 Å². The second-order valence-electron chi connectivity index (χ2n) is 4.96. The second-order valence-corrected chi connectivity index (χ2v) is 5.88. The van der Waals surface area contributed by atoms with Crippen LogP contribution in [0.5, 0.6) is 0 Å². The lowest BCUT2D eigenvalue weighted by atomic mass is 9.98. The van der Waals surface area contributed by atoms with E-state index in [2.05, 4.69) is 54.9 Å². The molecule has 0 saturated heterocycles. The molecule has 0 N–H and O–H groups in total. The van der Waals surface area contributed by atoms with E-state index in [9.17, 15) is 0 Å². The van der Waals surface area contributed by atoms with Gasteiger partial charge in [-0.3, -0.25) is 0 Å². The van der Waals surface area contributed by atoms with Crippen molar-refractivity contribution in [1.29, 1.82) is 0 Å². The van der Waals surface area contributed by atoms with E-state index >= 15 is 0 Å². The number of alkyl halides is 1. The van der Waals surface area contributed by atoms with Gasteiger partial charge in [0.2, 0.25) is 0 Å². The fraction of sp³-hybridized carbons (Fsp3) is 0.375. The van der Waals surface area contributed by atoms with E-state index in [4.69, 9.17) is 4.42 Å². The van der Waals surface area contributed by atoms with Crippen molar-refractivity contribution in [3.8, 4) is 0 Å². The molecule has 0 radical (unpaired) electrons. The molecular formula is C16H19BrO. The standard InChI is InChI=1S/C16H19BrO/c1-9-6-7-14(8-10(9)2)16(17)15-11(3)12(4)18-13(15)5/h6-8,16H,1-5H3. The summed E-state index contributed by atoms with van der Waals surface area (Å²) in [6, 6.07) is 6.61. The summed E-state index contributed by atoms with van der Waals surface area (Å²) in [5.41, 5.74) is 6.44. The summed E-state index contributed by atoms with van der Waals surface area (Å²) in [7, 11) is 0. The lowest BCUT2D eigenvalue weighted by Crippen LogP contribution is -1.97. The van der Waals surface area contributed by atoms with Gasteiger partial charge in [0.15, 0.2) is 0 Å². The molecule has 2 aromatic rings. The largest absolute Gasteiger partial charge is 0.466 e. The molecule has 1 aromatic heterocycles. The summed E-state index contributed by atoms with van der Waals surface area (Å²) in [6.45, 7) is 10.5. The Balaban J connectivity index is 2.47. The molecule has 18 heavy (non-hydrogen) atoms. The maximum atomic E-state index is 5.71. The summed E-state index contributed by atoms with van der Waals surface area (Å²) < 4.78 is 5.71. The van der Waals surface area contributed by atoms with Crippen LogP contribution < -0.4 is 0 Å². The Morgan fingerprint density at radius 2 is 1.61 bits per heavy atom. The van der Waals surface area contributed by atoms with E-state index in [1.54, 1.807) is 0 Å². The van der Waals surface area contributed by atoms with E-state index in [0.717, 1.165) is 11.5 Å². The van der Waals surface area contributed by atoms with Gasteiger partial charge in [-0.25, -0.2) is 0 Å². The van der Waals surface area contributed by atoms with Crippen molar-refractivity contribution >= 4 is 15.9 Å². The maximum absolute atomic E-state index is 5.71. The van der Waals surface area contributed by atoms with E-state index in [0.29, 0.717) is 0 Å². The molecular weight excluding hydrogens is 288 g/mol. The second kappa shape index (κ2) is 4.93. The minimum Gasteiger partial charge on any atom is -0.466 e. The molecule has 2 rings (SSSR count). The normalized spacial score (nSPS) is 12.8. The Morgan fingerprint density at radius 1 is 0.944 bits per heavy atom. The minimum absolute atomic E-state index is 0.203.